The van der Waals surface area contributed by atoms with E-state index >= 15 is 0 Å². The molecule has 0 saturated heterocycles. The van der Waals surface area contributed by atoms with Gasteiger partial charge in [-0.1, -0.05) is 11.8 Å². The molecule has 1 aromatic heterocycles. The van der Waals surface area contributed by atoms with Crippen molar-refractivity contribution in [3.63, 3.8) is 0 Å². The van der Waals surface area contributed by atoms with Crippen LogP contribution in [0, 0.1) is 24.6 Å². The van der Waals surface area contributed by atoms with Crippen molar-refractivity contribution in [2.45, 2.75) is 6.92 Å². The molecule has 0 unspecified atom stereocenters. The highest BCUT2D eigenvalue weighted by molar-refractivity contribution is 7.08. The van der Waals surface area contributed by atoms with Crippen molar-refractivity contribution in [1.29, 1.82) is 0 Å². The van der Waals surface area contributed by atoms with Crippen LogP contribution in [0.25, 0.3) is 0 Å². The van der Waals surface area contributed by atoms with Gasteiger partial charge in [-0.3, -0.25) is 4.79 Å². The molecule has 3 N–H and O–H groups in total. The number of nitrogens with one attached hydrogen (secondary N) is 1. The Bertz CT molecular complexity index is 697. The van der Waals surface area contributed by atoms with Crippen LogP contribution in [0.15, 0.2) is 29.0 Å². The lowest BCUT2D eigenvalue weighted by Crippen LogP contribution is -2.12. The molecular weight excluding hydrogens is 275 g/mol. The Morgan fingerprint density at radius 2 is 2.25 bits per heavy atom. The predicted molar refractivity (Wildman–Crippen MR) is 79.3 cm³/mol. The van der Waals surface area contributed by atoms with E-state index in [1.807, 2.05) is 12.3 Å². The van der Waals surface area contributed by atoms with E-state index in [4.69, 9.17) is 5.73 Å². The molecule has 20 heavy (non-hydrogen) atoms. The molecule has 0 spiro atoms. The summed E-state index contributed by atoms with van der Waals surface area (Å²) in [6.45, 7) is 2.03. The number of carbonyl (C=O) groups is 1. The molecule has 1 amide bonds. The van der Waals surface area contributed by atoms with Crippen LogP contribution >= 0.6 is 11.3 Å². The standard InChI is InChI=1S/C15H13FN2OS/c1-10-8-20-9-13(10)15(19)18-12-4-5-14(16)11(7-12)3-2-6-17/h4-5,7-9H,6,17H2,1H3,(H,18,19). The summed E-state index contributed by atoms with van der Waals surface area (Å²) in [6.07, 6.45) is 0. The summed E-state index contributed by atoms with van der Waals surface area (Å²) in [7, 11) is 0. The van der Waals surface area contributed by atoms with E-state index in [-0.39, 0.29) is 18.0 Å². The van der Waals surface area contributed by atoms with E-state index in [2.05, 4.69) is 17.2 Å². The van der Waals surface area contributed by atoms with Crippen molar-refractivity contribution < 1.29 is 9.18 Å². The Morgan fingerprint density at radius 1 is 1.45 bits per heavy atom. The fraction of sp³-hybridized carbons (Fsp3) is 0.133. The predicted octanol–water partition coefficient (Wildman–Crippen LogP) is 2.76. The number of hydrogen-bond acceptors (Lipinski definition) is 3. The number of amides is 1. The lowest BCUT2D eigenvalue weighted by Gasteiger charge is -2.06. The first kappa shape index (κ1) is 14.3. The summed E-state index contributed by atoms with van der Waals surface area (Å²) < 4.78 is 13.5. The van der Waals surface area contributed by atoms with Crippen molar-refractivity contribution in [1.82, 2.24) is 0 Å². The van der Waals surface area contributed by atoms with Crippen molar-refractivity contribution in [2.75, 3.05) is 11.9 Å². The minimum atomic E-state index is -0.435. The number of aryl methyl sites for hydroxylation is 1. The summed E-state index contributed by atoms with van der Waals surface area (Å²) in [6, 6.07) is 4.27. The molecular formula is C15H13FN2OS. The normalized spacial score (nSPS) is 9.75. The number of carbonyl (C=O) groups excluding carboxylic acids is 1. The molecule has 0 atom stereocenters. The van der Waals surface area contributed by atoms with E-state index in [9.17, 15) is 9.18 Å². The molecule has 0 aliphatic heterocycles. The van der Waals surface area contributed by atoms with Crippen molar-refractivity contribution in [3.8, 4) is 11.8 Å². The summed E-state index contributed by atoms with van der Waals surface area (Å²) in [5.41, 5.74) is 7.52. The van der Waals surface area contributed by atoms with E-state index < -0.39 is 5.82 Å². The van der Waals surface area contributed by atoms with Crippen LogP contribution in [0.5, 0.6) is 0 Å². The quantitative estimate of drug-likeness (QED) is 0.835. The van der Waals surface area contributed by atoms with Crippen LogP contribution < -0.4 is 11.1 Å². The highest BCUT2D eigenvalue weighted by Gasteiger charge is 2.10. The van der Waals surface area contributed by atoms with Gasteiger partial charge >= 0.3 is 0 Å². The Labute approximate surface area is 120 Å². The largest absolute Gasteiger partial charge is 0.322 e. The van der Waals surface area contributed by atoms with Gasteiger partial charge in [-0.2, -0.15) is 11.3 Å². The molecule has 0 bridgehead atoms. The molecule has 0 aliphatic rings. The number of hydrogen-bond donors (Lipinski definition) is 2. The third kappa shape index (κ3) is 3.23. The SMILES string of the molecule is Cc1cscc1C(=O)Nc1ccc(F)c(C#CCN)c1. The Hall–Kier alpha value is -2.16. The zero-order chi connectivity index (χ0) is 14.5. The van der Waals surface area contributed by atoms with E-state index in [1.54, 1.807) is 5.38 Å². The second-order valence-corrected chi connectivity index (χ2v) is 4.87. The fourth-order valence-electron chi connectivity index (χ4n) is 1.64. The maximum atomic E-state index is 13.5. The number of thiophene rings is 1. The molecule has 0 aliphatic carbocycles. The number of rotatable bonds is 2. The van der Waals surface area contributed by atoms with Gasteiger partial charge in [-0.15, -0.1) is 0 Å². The van der Waals surface area contributed by atoms with Crippen LogP contribution in [-0.4, -0.2) is 12.5 Å². The summed E-state index contributed by atoms with van der Waals surface area (Å²) in [4.78, 5) is 12.1. The van der Waals surface area contributed by atoms with Gasteiger partial charge < -0.3 is 11.1 Å². The van der Waals surface area contributed by atoms with Gasteiger partial charge in [0.1, 0.15) is 5.82 Å². The van der Waals surface area contributed by atoms with Crippen LogP contribution in [0.4, 0.5) is 10.1 Å². The maximum absolute atomic E-state index is 13.5. The molecule has 1 heterocycles. The average Bonchev–Trinajstić information content (AvgIpc) is 2.85. The second kappa shape index (κ2) is 6.33. The van der Waals surface area contributed by atoms with Gasteiger partial charge in [0, 0.05) is 11.1 Å². The lowest BCUT2D eigenvalue weighted by molar-refractivity contribution is 0.102. The third-order valence-electron chi connectivity index (χ3n) is 2.65. The molecule has 3 nitrogen and oxygen atoms in total. The van der Waals surface area contributed by atoms with Gasteiger partial charge in [-0.25, -0.2) is 4.39 Å². The Morgan fingerprint density at radius 3 is 2.90 bits per heavy atom. The van der Waals surface area contributed by atoms with Crippen LogP contribution in [0.2, 0.25) is 0 Å². The third-order valence-corrected chi connectivity index (χ3v) is 3.51. The zero-order valence-corrected chi connectivity index (χ0v) is 11.7. The number of halogens is 1. The molecule has 0 saturated carbocycles. The van der Waals surface area contributed by atoms with Crippen molar-refractivity contribution >= 4 is 22.9 Å². The molecule has 1 aromatic carbocycles. The summed E-state index contributed by atoms with van der Waals surface area (Å²) in [5.74, 6) is 4.57. The zero-order valence-electron chi connectivity index (χ0n) is 10.9. The van der Waals surface area contributed by atoms with Gasteiger partial charge in [0.25, 0.3) is 5.91 Å². The van der Waals surface area contributed by atoms with Gasteiger partial charge in [0.2, 0.25) is 0 Å². The van der Waals surface area contributed by atoms with Gasteiger partial charge in [0.15, 0.2) is 0 Å². The van der Waals surface area contributed by atoms with E-state index in [0.29, 0.717) is 11.3 Å². The second-order valence-electron chi connectivity index (χ2n) is 4.12. The summed E-state index contributed by atoms with van der Waals surface area (Å²) in [5, 5.41) is 6.41. The molecule has 0 radical (unpaired) electrons. The monoisotopic (exact) mass is 288 g/mol. The lowest BCUT2D eigenvalue weighted by atomic mass is 10.1. The highest BCUT2D eigenvalue weighted by Crippen LogP contribution is 2.18. The molecule has 2 rings (SSSR count). The van der Waals surface area contributed by atoms with Crippen molar-refractivity contribution in [3.05, 3.63) is 51.5 Å². The van der Waals surface area contributed by atoms with Gasteiger partial charge in [-0.05, 0) is 36.1 Å². The Kier molecular flexibility index (Phi) is 4.51. The molecule has 2 aromatic rings. The Balaban J connectivity index is 2.22. The highest BCUT2D eigenvalue weighted by atomic mass is 32.1. The van der Waals surface area contributed by atoms with Crippen molar-refractivity contribution in [2.24, 2.45) is 5.73 Å². The number of nitrogens with two attached hydrogens (primary N) is 1. The first-order chi connectivity index (χ1) is 9.61. The minimum absolute atomic E-state index is 0.157. The number of anilines is 1. The summed E-state index contributed by atoms with van der Waals surface area (Å²) >= 11 is 1.46. The fourth-order valence-corrected chi connectivity index (χ4v) is 2.46. The van der Waals surface area contributed by atoms with Crippen LogP contribution in [0.3, 0.4) is 0 Å². The van der Waals surface area contributed by atoms with E-state index in [0.717, 1.165) is 5.56 Å². The van der Waals surface area contributed by atoms with E-state index in [1.165, 1.54) is 29.5 Å². The first-order valence-electron chi connectivity index (χ1n) is 5.94. The molecule has 5 heteroatoms. The maximum Gasteiger partial charge on any atom is 0.256 e. The minimum Gasteiger partial charge on any atom is -0.322 e. The molecule has 102 valence electrons. The van der Waals surface area contributed by atoms with Crippen LogP contribution in [0.1, 0.15) is 21.5 Å². The topological polar surface area (TPSA) is 55.1 Å². The smallest absolute Gasteiger partial charge is 0.256 e. The average molecular weight is 288 g/mol. The van der Waals surface area contributed by atoms with Gasteiger partial charge in [0.05, 0.1) is 17.7 Å². The first-order valence-corrected chi connectivity index (χ1v) is 6.88. The molecule has 0 fully saturated rings. The van der Waals surface area contributed by atoms with Crippen LogP contribution in [-0.2, 0) is 0 Å². The number of benzene rings is 1.